The lowest BCUT2D eigenvalue weighted by molar-refractivity contribution is 0.315. The largest absolute Gasteiger partial charge is 0.492 e. The zero-order valence-electron chi connectivity index (χ0n) is 12.3. The number of sulfone groups is 1. The highest BCUT2D eigenvalue weighted by Crippen LogP contribution is 2.34. The van der Waals surface area contributed by atoms with Gasteiger partial charge in [-0.3, -0.25) is 0 Å². The number of ether oxygens (including phenoxy) is 1. The van der Waals surface area contributed by atoms with Gasteiger partial charge >= 0.3 is 0 Å². The summed E-state index contributed by atoms with van der Waals surface area (Å²) >= 11 is 3.43. The second-order valence-electron chi connectivity index (χ2n) is 5.39. The van der Waals surface area contributed by atoms with Crippen LogP contribution in [0.1, 0.15) is 38.8 Å². The number of hydrogen-bond acceptors (Lipinski definition) is 4. The molecule has 0 heterocycles. The molecule has 4 nitrogen and oxygen atoms in total. The predicted molar refractivity (Wildman–Crippen MR) is 85.8 cm³/mol. The summed E-state index contributed by atoms with van der Waals surface area (Å²) in [6, 6.07) is 4.84. The fourth-order valence-electron chi connectivity index (χ4n) is 1.67. The fourth-order valence-corrected chi connectivity index (χ4v) is 2.78. The Balaban J connectivity index is 3.07. The third-order valence-electron chi connectivity index (χ3n) is 3.48. The van der Waals surface area contributed by atoms with Crippen LogP contribution < -0.4 is 10.5 Å². The quantitative estimate of drug-likeness (QED) is 0.842. The summed E-state index contributed by atoms with van der Waals surface area (Å²) in [5.41, 5.74) is 6.90. The monoisotopic (exact) mass is 363 g/mol. The van der Waals surface area contributed by atoms with Gasteiger partial charge in [-0.15, -0.1) is 0 Å². The summed E-state index contributed by atoms with van der Waals surface area (Å²) in [7, 11) is -3.26. The molecule has 6 heteroatoms. The lowest BCUT2D eigenvalue weighted by Crippen LogP contribution is -2.42. The van der Waals surface area contributed by atoms with Gasteiger partial charge in [-0.05, 0) is 53.9 Å². The van der Waals surface area contributed by atoms with Crippen LogP contribution in [0.3, 0.4) is 0 Å². The highest BCUT2D eigenvalue weighted by Gasteiger charge is 2.37. The van der Waals surface area contributed by atoms with E-state index >= 15 is 0 Å². The maximum atomic E-state index is 11.8. The molecular formula is C14H22BrNO3S. The van der Waals surface area contributed by atoms with E-state index in [9.17, 15) is 8.42 Å². The van der Waals surface area contributed by atoms with Crippen LogP contribution in [0.5, 0.6) is 5.75 Å². The zero-order chi connectivity index (χ0) is 15.6. The lowest BCUT2D eigenvalue weighted by Gasteiger charge is -2.30. The minimum atomic E-state index is -3.26. The molecule has 1 aromatic carbocycles. The van der Waals surface area contributed by atoms with Crippen LogP contribution in [0.15, 0.2) is 22.7 Å². The van der Waals surface area contributed by atoms with Gasteiger partial charge < -0.3 is 10.5 Å². The van der Waals surface area contributed by atoms with Gasteiger partial charge in [0, 0.05) is 12.3 Å². The summed E-state index contributed by atoms with van der Waals surface area (Å²) in [4.78, 5) is 0. The second kappa shape index (κ2) is 6.45. The summed E-state index contributed by atoms with van der Waals surface area (Å²) in [5, 5.41) is 0. The molecule has 0 saturated heterocycles. The smallest absolute Gasteiger partial charge is 0.154 e. The Morgan fingerprint density at radius 1 is 1.40 bits per heavy atom. The van der Waals surface area contributed by atoms with E-state index in [0.717, 1.165) is 22.2 Å². The minimum Gasteiger partial charge on any atom is -0.492 e. The Hall–Kier alpha value is -0.590. The van der Waals surface area contributed by atoms with Crippen molar-refractivity contribution < 1.29 is 13.2 Å². The average Bonchev–Trinajstić information content (AvgIpc) is 2.35. The van der Waals surface area contributed by atoms with E-state index in [1.807, 2.05) is 25.1 Å². The third-order valence-corrected chi connectivity index (χ3v) is 6.27. The normalized spacial score (nSPS) is 14.1. The summed E-state index contributed by atoms with van der Waals surface area (Å²) in [6.45, 7) is 5.95. The number of benzene rings is 1. The van der Waals surface area contributed by atoms with Crippen LogP contribution in [0.2, 0.25) is 0 Å². The van der Waals surface area contributed by atoms with Gasteiger partial charge in [0.25, 0.3) is 0 Å². The van der Waals surface area contributed by atoms with E-state index in [0.29, 0.717) is 6.61 Å². The molecule has 0 radical (unpaired) electrons. The first-order chi connectivity index (χ1) is 9.11. The Morgan fingerprint density at radius 2 is 2.00 bits per heavy atom. The molecule has 0 spiro atoms. The summed E-state index contributed by atoms with van der Waals surface area (Å²) < 4.78 is 29.0. The van der Waals surface area contributed by atoms with Gasteiger partial charge in [-0.2, -0.15) is 0 Å². The van der Waals surface area contributed by atoms with Gasteiger partial charge in [0.2, 0.25) is 0 Å². The van der Waals surface area contributed by atoms with E-state index in [2.05, 4.69) is 15.9 Å². The van der Waals surface area contributed by atoms with Crippen molar-refractivity contribution >= 4 is 25.8 Å². The Labute approximate surface area is 129 Å². The van der Waals surface area contributed by atoms with Crippen LogP contribution >= 0.6 is 15.9 Å². The van der Waals surface area contributed by atoms with Gasteiger partial charge in [0.15, 0.2) is 9.84 Å². The lowest BCUT2D eigenvalue weighted by atomic mass is 9.96. The molecule has 1 unspecified atom stereocenters. The van der Waals surface area contributed by atoms with E-state index in [4.69, 9.17) is 10.5 Å². The minimum absolute atomic E-state index is 0.603. The SMILES string of the molecule is CCCOc1ccc(C(N)C(C)(C)S(C)(=O)=O)cc1Br. The molecule has 1 atom stereocenters. The Kier molecular flexibility index (Phi) is 5.63. The van der Waals surface area contributed by atoms with Crippen molar-refractivity contribution in [1.82, 2.24) is 0 Å². The number of nitrogens with two attached hydrogens (primary N) is 1. The molecule has 20 heavy (non-hydrogen) atoms. The molecule has 0 bridgehead atoms. The number of halogens is 1. The molecule has 0 amide bonds. The van der Waals surface area contributed by atoms with Crippen LogP contribution in [0.25, 0.3) is 0 Å². The highest BCUT2D eigenvalue weighted by atomic mass is 79.9. The van der Waals surface area contributed by atoms with E-state index in [1.54, 1.807) is 13.8 Å². The zero-order valence-corrected chi connectivity index (χ0v) is 14.7. The van der Waals surface area contributed by atoms with Crippen LogP contribution in [-0.4, -0.2) is 26.0 Å². The van der Waals surface area contributed by atoms with Crippen molar-refractivity contribution in [2.75, 3.05) is 12.9 Å². The Bertz CT molecular complexity index is 570. The van der Waals surface area contributed by atoms with Crippen LogP contribution in [-0.2, 0) is 9.84 Å². The summed E-state index contributed by atoms with van der Waals surface area (Å²) in [5.74, 6) is 0.736. The molecule has 2 N–H and O–H groups in total. The molecule has 0 aromatic heterocycles. The molecule has 0 aliphatic rings. The number of rotatable bonds is 6. The highest BCUT2D eigenvalue weighted by molar-refractivity contribution is 9.10. The molecular weight excluding hydrogens is 342 g/mol. The van der Waals surface area contributed by atoms with Gasteiger partial charge in [0.1, 0.15) is 5.75 Å². The van der Waals surface area contributed by atoms with Crippen molar-refractivity contribution in [3.8, 4) is 5.75 Å². The van der Waals surface area contributed by atoms with Crippen molar-refractivity contribution in [2.24, 2.45) is 5.73 Å². The van der Waals surface area contributed by atoms with E-state index in [-0.39, 0.29) is 0 Å². The Morgan fingerprint density at radius 3 is 2.45 bits per heavy atom. The topological polar surface area (TPSA) is 69.4 Å². The van der Waals surface area contributed by atoms with Crippen LogP contribution in [0, 0.1) is 0 Å². The first-order valence-electron chi connectivity index (χ1n) is 6.48. The number of hydrogen-bond donors (Lipinski definition) is 1. The standard InChI is InChI=1S/C14H22BrNO3S/c1-5-8-19-12-7-6-10(9-11(12)15)13(16)14(2,3)20(4,17)18/h6-7,9,13H,5,8,16H2,1-4H3. The van der Waals surface area contributed by atoms with E-state index < -0.39 is 20.6 Å². The van der Waals surface area contributed by atoms with E-state index in [1.165, 1.54) is 6.26 Å². The fraction of sp³-hybridized carbons (Fsp3) is 0.571. The average molecular weight is 364 g/mol. The van der Waals surface area contributed by atoms with Crippen molar-refractivity contribution in [2.45, 2.75) is 38.0 Å². The maximum Gasteiger partial charge on any atom is 0.154 e. The molecule has 0 aliphatic heterocycles. The van der Waals surface area contributed by atoms with Gasteiger partial charge in [-0.1, -0.05) is 13.0 Å². The molecule has 0 aliphatic carbocycles. The van der Waals surface area contributed by atoms with Crippen molar-refractivity contribution in [1.29, 1.82) is 0 Å². The van der Waals surface area contributed by atoms with Crippen molar-refractivity contribution in [3.05, 3.63) is 28.2 Å². The molecule has 0 fully saturated rings. The maximum absolute atomic E-state index is 11.8. The third kappa shape index (κ3) is 3.74. The second-order valence-corrected chi connectivity index (χ2v) is 8.84. The van der Waals surface area contributed by atoms with Gasteiger partial charge in [0.05, 0.1) is 15.8 Å². The summed E-state index contributed by atoms with van der Waals surface area (Å²) in [6.07, 6.45) is 2.13. The van der Waals surface area contributed by atoms with Gasteiger partial charge in [-0.25, -0.2) is 8.42 Å². The molecule has 0 saturated carbocycles. The van der Waals surface area contributed by atoms with Crippen LogP contribution in [0.4, 0.5) is 0 Å². The predicted octanol–water partition coefficient (Wildman–Crippen LogP) is 3.06. The first kappa shape index (κ1) is 17.5. The first-order valence-corrected chi connectivity index (χ1v) is 9.17. The molecule has 114 valence electrons. The molecule has 1 rings (SSSR count). The van der Waals surface area contributed by atoms with Crippen molar-refractivity contribution in [3.63, 3.8) is 0 Å². The molecule has 1 aromatic rings.